The fourth-order valence-corrected chi connectivity index (χ4v) is 2.21. The van der Waals surface area contributed by atoms with Crippen molar-refractivity contribution in [2.75, 3.05) is 5.32 Å². The van der Waals surface area contributed by atoms with Crippen molar-refractivity contribution in [2.24, 2.45) is 5.73 Å². The van der Waals surface area contributed by atoms with Gasteiger partial charge in [-0.15, -0.1) is 11.3 Å². The Balaban J connectivity index is 2.24. The first-order valence-electron chi connectivity index (χ1n) is 4.57. The van der Waals surface area contributed by atoms with Gasteiger partial charge in [-0.05, 0) is 29.8 Å². The number of benzene rings is 1. The van der Waals surface area contributed by atoms with E-state index in [1.54, 1.807) is 18.2 Å². The zero-order valence-corrected chi connectivity index (χ0v) is 9.05. The maximum atomic E-state index is 12.7. The van der Waals surface area contributed by atoms with Gasteiger partial charge in [0, 0.05) is 4.88 Å². The summed E-state index contributed by atoms with van der Waals surface area (Å²) in [6.07, 6.45) is 0. The third-order valence-electron chi connectivity index (χ3n) is 1.98. The first-order chi connectivity index (χ1) is 7.65. The van der Waals surface area contributed by atoms with Gasteiger partial charge >= 0.3 is 6.03 Å². The minimum atomic E-state index is -0.590. The molecule has 0 aliphatic heterocycles. The number of carbonyl (C=O) groups excluding carboxylic acids is 1. The topological polar surface area (TPSA) is 55.1 Å². The molecule has 0 aliphatic rings. The number of hydrogen-bond donors (Lipinski definition) is 2. The molecule has 0 unspecified atom stereocenters. The number of nitrogens with one attached hydrogen (secondary N) is 1. The summed E-state index contributed by atoms with van der Waals surface area (Å²) in [6, 6.07) is 9.20. The van der Waals surface area contributed by atoms with Crippen LogP contribution in [0.25, 0.3) is 10.4 Å². The van der Waals surface area contributed by atoms with Gasteiger partial charge in [0.2, 0.25) is 0 Å². The minimum Gasteiger partial charge on any atom is -0.351 e. The van der Waals surface area contributed by atoms with Crippen LogP contribution in [-0.2, 0) is 0 Å². The lowest BCUT2D eigenvalue weighted by Gasteiger charge is -1.97. The second-order valence-corrected chi connectivity index (χ2v) is 4.24. The number of nitrogens with two attached hydrogens (primary N) is 1. The molecule has 82 valence electrons. The van der Waals surface area contributed by atoms with Crippen LogP contribution in [0.4, 0.5) is 14.2 Å². The van der Waals surface area contributed by atoms with Crippen molar-refractivity contribution < 1.29 is 9.18 Å². The molecule has 2 rings (SSSR count). The molecule has 0 saturated carbocycles. The fourth-order valence-electron chi connectivity index (χ4n) is 1.30. The molecule has 2 amide bonds. The first-order valence-corrected chi connectivity index (χ1v) is 5.39. The summed E-state index contributed by atoms with van der Waals surface area (Å²) in [7, 11) is 0. The van der Waals surface area contributed by atoms with Crippen LogP contribution in [0, 0.1) is 5.82 Å². The summed E-state index contributed by atoms with van der Waals surface area (Å²) in [4.78, 5) is 11.6. The smallest absolute Gasteiger partial charge is 0.317 e. The molecule has 1 aromatic carbocycles. The van der Waals surface area contributed by atoms with E-state index in [0.717, 1.165) is 10.4 Å². The molecule has 5 heteroatoms. The summed E-state index contributed by atoms with van der Waals surface area (Å²) in [5.74, 6) is -0.268. The maximum absolute atomic E-state index is 12.7. The van der Waals surface area contributed by atoms with E-state index in [9.17, 15) is 9.18 Å². The van der Waals surface area contributed by atoms with Crippen molar-refractivity contribution in [3.8, 4) is 10.4 Å². The summed E-state index contributed by atoms with van der Waals surface area (Å²) in [5.41, 5.74) is 5.91. The van der Waals surface area contributed by atoms with Crippen LogP contribution >= 0.6 is 11.3 Å². The van der Waals surface area contributed by atoms with Gasteiger partial charge < -0.3 is 5.73 Å². The number of urea groups is 1. The van der Waals surface area contributed by atoms with Crippen LogP contribution in [0.3, 0.4) is 0 Å². The Morgan fingerprint density at radius 2 is 1.88 bits per heavy atom. The molecule has 2 aromatic rings. The second-order valence-electron chi connectivity index (χ2n) is 3.16. The van der Waals surface area contributed by atoms with E-state index in [1.165, 1.54) is 23.5 Å². The number of primary amides is 1. The lowest BCUT2D eigenvalue weighted by atomic mass is 10.2. The number of thiophene rings is 1. The highest BCUT2D eigenvalue weighted by atomic mass is 32.1. The average molecular weight is 236 g/mol. The predicted octanol–water partition coefficient (Wildman–Crippen LogP) is 3.04. The van der Waals surface area contributed by atoms with Gasteiger partial charge in [-0.25, -0.2) is 9.18 Å². The van der Waals surface area contributed by atoms with Crippen LogP contribution in [0.2, 0.25) is 0 Å². The zero-order chi connectivity index (χ0) is 11.5. The first kappa shape index (κ1) is 10.6. The summed E-state index contributed by atoms with van der Waals surface area (Å²) in [6.45, 7) is 0. The second kappa shape index (κ2) is 4.32. The fraction of sp³-hybridized carbons (Fsp3) is 0. The SMILES string of the molecule is NC(=O)Nc1ccc(-c2ccc(F)cc2)s1. The number of anilines is 1. The third kappa shape index (κ3) is 2.38. The predicted molar refractivity (Wildman–Crippen MR) is 62.9 cm³/mol. The molecule has 3 N–H and O–H groups in total. The molecule has 1 heterocycles. The van der Waals surface area contributed by atoms with E-state index in [-0.39, 0.29) is 5.82 Å². The molecule has 0 saturated heterocycles. The number of rotatable bonds is 2. The van der Waals surface area contributed by atoms with Gasteiger partial charge in [0.1, 0.15) is 5.82 Å². The van der Waals surface area contributed by atoms with Crippen molar-refractivity contribution >= 4 is 22.4 Å². The molecule has 0 bridgehead atoms. The Hall–Kier alpha value is -1.88. The lowest BCUT2D eigenvalue weighted by Crippen LogP contribution is -2.18. The van der Waals surface area contributed by atoms with Crippen LogP contribution in [0.15, 0.2) is 36.4 Å². The van der Waals surface area contributed by atoms with E-state index in [2.05, 4.69) is 5.32 Å². The van der Waals surface area contributed by atoms with Crippen LogP contribution in [0.1, 0.15) is 0 Å². The van der Waals surface area contributed by atoms with Gasteiger partial charge in [0.25, 0.3) is 0 Å². The monoisotopic (exact) mass is 236 g/mol. The molecule has 1 aromatic heterocycles. The third-order valence-corrected chi connectivity index (χ3v) is 3.03. The minimum absolute atomic E-state index is 0.268. The molecule has 0 atom stereocenters. The molecule has 0 spiro atoms. The van der Waals surface area contributed by atoms with Crippen molar-refractivity contribution in [2.45, 2.75) is 0 Å². The van der Waals surface area contributed by atoms with Gasteiger partial charge in [0.15, 0.2) is 0 Å². The Kier molecular flexibility index (Phi) is 2.87. The van der Waals surface area contributed by atoms with Crippen molar-refractivity contribution in [1.82, 2.24) is 0 Å². The van der Waals surface area contributed by atoms with Crippen LogP contribution in [0.5, 0.6) is 0 Å². The number of halogens is 1. The largest absolute Gasteiger partial charge is 0.351 e. The van der Waals surface area contributed by atoms with E-state index in [1.807, 2.05) is 6.07 Å². The Bertz CT molecular complexity index is 507. The molecule has 3 nitrogen and oxygen atoms in total. The highest BCUT2D eigenvalue weighted by molar-refractivity contribution is 7.19. The molecular weight excluding hydrogens is 227 g/mol. The normalized spacial score (nSPS) is 10.1. The van der Waals surface area contributed by atoms with E-state index >= 15 is 0 Å². The Morgan fingerprint density at radius 1 is 1.19 bits per heavy atom. The van der Waals surface area contributed by atoms with Gasteiger partial charge in [-0.3, -0.25) is 5.32 Å². The lowest BCUT2D eigenvalue weighted by molar-refractivity contribution is 0.259. The van der Waals surface area contributed by atoms with Crippen LogP contribution < -0.4 is 11.1 Å². The van der Waals surface area contributed by atoms with Crippen LogP contribution in [-0.4, -0.2) is 6.03 Å². The number of carbonyl (C=O) groups is 1. The zero-order valence-electron chi connectivity index (χ0n) is 8.24. The van der Waals surface area contributed by atoms with Gasteiger partial charge in [-0.1, -0.05) is 12.1 Å². The van der Waals surface area contributed by atoms with Gasteiger partial charge in [-0.2, -0.15) is 0 Å². The Morgan fingerprint density at radius 3 is 2.50 bits per heavy atom. The highest BCUT2D eigenvalue weighted by Gasteiger charge is 2.04. The number of amides is 2. The quantitative estimate of drug-likeness (QED) is 0.827. The van der Waals surface area contributed by atoms with Crippen molar-refractivity contribution in [3.05, 3.63) is 42.2 Å². The van der Waals surface area contributed by atoms with E-state index in [4.69, 9.17) is 5.73 Å². The van der Waals surface area contributed by atoms with E-state index in [0.29, 0.717) is 5.00 Å². The molecular formula is C11H9FN2OS. The summed E-state index contributed by atoms with van der Waals surface area (Å²) in [5, 5.41) is 3.16. The molecule has 16 heavy (non-hydrogen) atoms. The molecule has 0 radical (unpaired) electrons. The Labute approximate surface area is 95.7 Å². The standard InChI is InChI=1S/C11H9FN2OS/c12-8-3-1-7(2-4-8)9-5-6-10(16-9)14-11(13)15/h1-6H,(H3,13,14,15). The molecule has 0 aliphatic carbocycles. The van der Waals surface area contributed by atoms with Crippen molar-refractivity contribution in [1.29, 1.82) is 0 Å². The summed E-state index contributed by atoms with van der Waals surface area (Å²) < 4.78 is 12.7. The van der Waals surface area contributed by atoms with Crippen molar-refractivity contribution in [3.63, 3.8) is 0 Å². The number of hydrogen-bond acceptors (Lipinski definition) is 2. The summed E-state index contributed by atoms with van der Waals surface area (Å²) >= 11 is 1.39. The average Bonchev–Trinajstić information content (AvgIpc) is 2.66. The maximum Gasteiger partial charge on any atom is 0.317 e. The highest BCUT2D eigenvalue weighted by Crippen LogP contribution is 2.31. The van der Waals surface area contributed by atoms with E-state index < -0.39 is 6.03 Å². The van der Waals surface area contributed by atoms with Gasteiger partial charge in [0.05, 0.1) is 5.00 Å². The molecule has 0 fully saturated rings.